The molecule has 0 saturated heterocycles. The molecule has 0 bridgehead atoms. The third kappa shape index (κ3) is 3.85. The van der Waals surface area contributed by atoms with Gasteiger partial charge < -0.3 is 15.0 Å². The van der Waals surface area contributed by atoms with Crippen LogP contribution < -0.4 is 5.32 Å². The Morgan fingerprint density at radius 1 is 1.27 bits per heavy atom. The van der Waals surface area contributed by atoms with Gasteiger partial charge in [-0.3, -0.25) is 9.59 Å². The van der Waals surface area contributed by atoms with Crippen molar-refractivity contribution in [3.05, 3.63) is 30.5 Å². The molecule has 0 saturated carbocycles. The molecule has 22 heavy (non-hydrogen) atoms. The number of carboxylic acid groups (broad SMARTS) is 1. The molecule has 1 amide bonds. The SMILES string of the molecule is CCS(=O)(=O)CC(=O)Nc1ccc2c(ccn2CC(=O)O)c1. The third-order valence-corrected chi connectivity index (χ3v) is 4.73. The number of hydrogen-bond acceptors (Lipinski definition) is 4. The monoisotopic (exact) mass is 324 g/mol. The average Bonchev–Trinajstić information content (AvgIpc) is 2.80. The third-order valence-electron chi connectivity index (χ3n) is 3.15. The van der Waals surface area contributed by atoms with E-state index in [0.29, 0.717) is 5.69 Å². The van der Waals surface area contributed by atoms with E-state index in [1.807, 2.05) is 0 Å². The lowest BCUT2D eigenvalue weighted by Crippen LogP contribution is -2.23. The van der Waals surface area contributed by atoms with Crippen LogP contribution in [0.1, 0.15) is 6.92 Å². The van der Waals surface area contributed by atoms with Crippen molar-refractivity contribution in [3.63, 3.8) is 0 Å². The molecule has 0 atom stereocenters. The van der Waals surface area contributed by atoms with Gasteiger partial charge in [0.15, 0.2) is 9.84 Å². The molecule has 118 valence electrons. The lowest BCUT2D eigenvalue weighted by molar-refractivity contribution is -0.137. The van der Waals surface area contributed by atoms with Crippen molar-refractivity contribution in [2.45, 2.75) is 13.5 Å². The topological polar surface area (TPSA) is 105 Å². The van der Waals surface area contributed by atoms with Gasteiger partial charge in [-0.1, -0.05) is 6.92 Å². The molecule has 1 aromatic heterocycles. The molecule has 0 aliphatic heterocycles. The molecule has 0 fully saturated rings. The van der Waals surface area contributed by atoms with E-state index in [0.717, 1.165) is 10.9 Å². The summed E-state index contributed by atoms with van der Waals surface area (Å²) in [4.78, 5) is 22.4. The summed E-state index contributed by atoms with van der Waals surface area (Å²) in [5.74, 6) is -2.18. The van der Waals surface area contributed by atoms with E-state index in [4.69, 9.17) is 5.11 Å². The fourth-order valence-electron chi connectivity index (χ4n) is 2.06. The lowest BCUT2D eigenvalue weighted by atomic mass is 10.2. The summed E-state index contributed by atoms with van der Waals surface area (Å²) in [6.07, 6.45) is 1.64. The van der Waals surface area contributed by atoms with Crippen molar-refractivity contribution >= 4 is 38.3 Å². The molecule has 0 aliphatic carbocycles. The van der Waals surface area contributed by atoms with Crippen molar-refractivity contribution in [3.8, 4) is 0 Å². The number of nitrogens with one attached hydrogen (secondary N) is 1. The smallest absolute Gasteiger partial charge is 0.323 e. The number of anilines is 1. The number of carbonyl (C=O) groups excluding carboxylic acids is 1. The Hall–Kier alpha value is -2.35. The van der Waals surface area contributed by atoms with Crippen LogP contribution in [-0.4, -0.2) is 41.5 Å². The van der Waals surface area contributed by atoms with E-state index in [-0.39, 0.29) is 12.3 Å². The Bertz CT molecular complexity index is 823. The van der Waals surface area contributed by atoms with Crippen molar-refractivity contribution < 1.29 is 23.1 Å². The Kier molecular flexibility index (Phi) is 4.51. The second-order valence-electron chi connectivity index (χ2n) is 4.84. The lowest BCUT2D eigenvalue weighted by Gasteiger charge is -2.06. The van der Waals surface area contributed by atoms with Crippen molar-refractivity contribution in [1.82, 2.24) is 4.57 Å². The van der Waals surface area contributed by atoms with Gasteiger partial charge in [0.2, 0.25) is 5.91 Å². The standard InChI is InChI=1S/C14H16N2O5S/c1-2-22(20,21)9-13(17)15-11-3-4-12-10(7-11)5-6-16(12)8-14(18)19/h3-7H,2,8-9H2,1H3,(H,15,17)(H,18,19). The number of rotatable bonds is 6. The zero-order chi connectivity index (χ0) is 16.3. The second-order valence-corrected chi connectivity index (χ2v) is 7.19. The van der Waals surface area contributed by atoms with Crippen molar-refractivity contribution in [2.24, 2.45) is 0 Å². The summed E-state index contributed by atoms with van der Waals surface area (Å²) in [6.45, 7) is 1.34. The molecule has 1 aromatic carbocycles. The number of sulfone groups is 1. The van der Waals surface area contributed by atoms with Crippen molar-refractivity contribution in [1.29, 1.82) is 0 Å². The van der Waals surface area contributed by atoms with Gasteiger partial charge in [0, 0.05) is 28.5 Å². The van der Waals surface area contributed by atoms with Gasteiger partial charge in [0.25, 0.3) is 0 Å². The molecule has 7 nitrogen and oxygen atoms in total. The highest BCUT2D eigenvalue weighted by atomic mass is 32.2. The average molecular weight is 324 g/mol. The number of amides is 1. The van der Waals surface area contributed by atoms with Crippen LogP contribution in [0.4, 0.5) is 5.69 Å². The summed E-state index contributed by atoms with van der Waals surface area (Å²) in [5, 5.41) is 12.1. The van der Waals surface area contributed by atoms with E-state index in [1.54, 1.807) is 35.0 Å². The molecule has 8 heteroatoms. The first-order chi connectivity index (χ1) is 10.3. The van der Waals surface area contributed by atoms with Crippen molar-refractivity contribution in [2.75, 3.05) is 16.8 Å². The molecule has 0 radical (unpaired) electrons. The molecule has 2 rings (SSSR count). The van der Waals surface area contributed by atoms with Gasteiger partial charge in [0.05, 0.1) is 0 Å². The minimum absolute atomic E-state index is 0.0858. The predicted molar refractivity (Wildman–Crippen MR) is 82.5 cm³/mol. The highest BCUT2D eigenvalue weighted by molar-refractivity contribution is 7.92. The van der Waals surface area contributed by atoms with Crippen LogP contribution in [0.25, 0.3) is 10.9 Å². The first kappa shape index (κ1) is 16.0. The largest absolute Gasteiger partial charge is 0.480 e. The number of carbonyl (C=O) groups is 2. The number of fused-ring (bicyclic) bond motifs is 1. The number of benzene rings is 1. The quantitative estimate of drug-likeness (QED) is 0.827. The van der Waals surface area contributed by atoms with E-state index in [9.17, 15) is 18.0 Å². The molecular formula is C14H16N2O5S. The van der Waals surface area contributed by atoms with E-state index >= 15 is 0 Å². The number of hydrogen-bond donors (Lipinski definition) is 2. The maximum Gasteiger partial charge on any atom is 0.323 e. The molecule has 1 heterocycles. The van der Waals surface area contributed by atoms with Gasteiger partial charge in [-0.2, -0.15) is 0 Å². The van der Waals surface area contributed by atoms with Crippen LogP contribution in [0.3, 0.4) is 0 Å². The van der Waals surface area contributed by atoms with E-state index < -0.39 is 27.5 Å². The summed E-state index contributed by atoms with van der Waals surface area (Å²) >= 11 is 0. The minimum atomic E-state index is -3.37. The van der Waals surface area contributed by atoms with E-state index in [2.05, 4.69) is 5.32 Å². The zero-order valence-corrected chi connectivity index (χ0v) is 12.8. The highest BCUT2D eigenvalue weighted by Gasteiger charge is 2.14. The first-order valence-corrected chi connectivity index (χ1v) is 8.44. The van der Waals surface area contributed by atoms with Crippen LogP contribution in [0.2, 0.25) is 0 Å². The number of carboxylic acids is 1. The van der Waals surface area contributed by atoms with Gasteiger partial charge in [-0.25, -0.2) is 8.42 Å². The first-order valence-electron chi connectivity index (χ1n) is 6.61. The van der Waals surface area contributed by atoms with Gasteiger partial charge in [-0.15, -0.1) is 0 Å². The van der Waals surface area contributed by atoms with Crippen LogP contribution in [0, 0.1) is 0 Å². The zero-order valence-electron chi connectivity index (χ0n) is 11.9. The maximum atomic E-state index is 11.7. The second kappa shape index (κ2) is 6.18. The summed E-state index contributed by atoms with van der Waals surface area (Å²) < 4.78 is 24.4. The maximum absolute atomic E-state index is 11.7. The summed E-state index contributed by atoms with van der Waals surface area (Å²) in [6, 6.07) is 6.69. The Labute approximate surface area is 127 Å². The minimum Gasteiger partial charge on any atom is -0.480 e. The van der Waals surface area contributed by atoms with Gasteiger partial charge in [0.1, 0.15) is 12.3 Å². The molecule has 0 unspecified atom stereocenters. The Balaban J connectivity index is 2.17. The molecule has 0 aliphatic rings. The molecule has 2 N–H and O–H groups in total. The number of aromatic nitrogens is 1. The van der Waals surface area contributed by atoms with Crippen LogP contribution >= 0.6 is 0 Å². The number of nitrogens with zero attached hydrogens (tertiary/aromatic N) is 1. The van der Waals surface area contributed by atoms with E-state index in [1.165, 1.54) is 6.92 Å². The predicted octanol–water partition coefficient (Wildman–Crippen LogP) is 1.10. The van der Waals surface area contributed by atoms with Crippen LogP contribution in [-0.2, 0) is 26.0 Å². The molecular weight excluding hydrogens is 308 g/mol. The normalized spacial score (nSPS) is 11.5. The fraction of sp³-hybridized carbons (Fsp3) is 0.286. The molecule has 0 spiro atoms. The molecule has 2 aromatic rings. The fourth-order valence-corrected chi connectivity index (χ4v) is 2.74. The summed E-state index contributed by atoms with van der Waals surface area (Å²) in [5.41, 5.74) is 1.19. The van der Waals surface area contributed by atoms with Gasteiger partial charge in [-0.05, 0) is 24.3 Å². The van der Waals surface area contributed by atoms with Crippen LogP contribution in [0.5, 0.6) is 0 Å². The van der Waals surface area contributed by atoms with Crippen LogP contribution in [0.15, 0.2) is 30.5 Å². The van der Waals surface area contributed by atoms with Gasteiger partial charge >= 0.3 is 5.97 Å². The highest BCUT2D eigenvalue weighted by Crippen LogP contribution is 2.20. The number of aliphatic carboxylic acids is 1. The Morgan fingerprint density at radius 3 is 2.64 bits per heavy atom. The summed E-state index contributed by atoms with van der Waals surface area (Å²) in [7, 11) is -3.37. The Morgan fingerprint density at radius 2 is 2.00 bits per heavy atom.